The van der Waals surface area contributed by atoms with Gasteiger partial charge in [-0.3, -0.25) is 4.79 Å². The Morgan fingerprint density at radius 2 is 2.00 bits per heavy atom. The molecule has 160 valence electrons. The van der Waals surface area contributed by atoms with Crippen LogP contribution in [0, 0.1) is 11.3 Å². The SMILES string of the molecule is C=CCN1CC[C@]2(CN(c3ncc(CC)cn3)C[C@H]2C)C1=O.O=C(O)C(F)(F)F. The maximum atomic E-state index is 12.8. The van der Waals surface area contributed by atoms with E-state index in [0.717, 1.165) is 44.0 Å². The molecule has 2 fully saturated rings. The average molecular weight is 414 g/mol. The van der Waals surface area contributed by atoms with Crippen molar-refractivity contribution in [2.45, 2.75) is 32.9 Å². The van der Waals surface area contributed by atoms with Crippen molar-refractivity contribution in [3.63, 3.8) is 0 Å². The number of amides is 1. The number of carbonyl (C=O) groups is 2. The van der Waals surface area contributed by atoms with E-state index >= 15 is 0 Å². The van der Waals surface area contributed by atoms with Crippen LogP contribution in [-0.2, 0) is 16.0 Å². The number of halogens is 3. The lowest BCUT2D eigenvalue weighted by Crippen LogP contribution is -2.39. The number of alkyl halides is 3. The maximum Gasteiger partial charge on any atom is 0.490 e. The summed E-state index contributed by atoms with van der Waals surface area (Å²) >= 11 is 0. The molecule has 0 bridgehead atoms. The fourth-order valence-corrected chi connectivity index (χ4v) is 3.70. The van der Waals surface area contributed by atoms with Crippen molar-refractivity contribution in [2.24, 2.45) is 11.3 Å². The molecule has 2 atom stereocenters. The molecule has 0 aromatic carbocycles. The lowest BCUT2D eigenvalue weighted by atomic mass is 9.78. The number of nitrogens with zero attached hydrogens (tertiary/aromatic N) is 4. The second-order valence-corrected chi connectivity index (χ2v) is 7.28. The molecule has 1 aromatic rings. The molecule has 7 nitrogen and oxygen atoms in total. The molecule has 3 rings (SSSR count). The van der Waals surface area contributed by atoms with Gasteiger partial charge < -0.3 is 14.9 Å². The fourth-order valence-electron chi connectivity index (χ4n) is 3.70. The van der Waals surface area contributed by atoms with Crippen LogP contribution in [0.2, 0.25) is 0 Å². The Morgan fingerprint density at radius 3 is 2.48 bits per heavy atom. The number of hydrogen-bond acceptors (Lipinski definition) is 5. The Kier molecular flexibility index (Phi) is 6.86. The largest absolute Gasteiger partial charge is 0.490 e. The van der Waals surface area contributed by atoms with E-state index in [1.54, 1.807) is 6.08 Å². The summed E-state index contributed by atoms with van der Waals surface area (Å²) < 4.78 is 31.7. The van der Waals surface area contributed by atoms with Gasteiger partial charge in [0.15, 0.2) is 0 Å². The van der Waals surface area contributed by atoms with Crippen molar-refractivity contribution in [1.82, 2.24) is 14.9 Å². The van der Waals surface area contributed by atoms with Gasteiger partial charge in [0, 0.05) is 38.6 Å². The number of carboxylic acids is 1. The summed E-state index contributed by atoms with van der Waals surface area (Å²) in [6.07, 6.45) is 2.36. The first-order valence-corrected chi connectivity index (χ1v) is 9.31. The van der Waals surface area contributed by atoms with Crippen LogP contribution in [-0.4, -0.2) is 64.2 Å². The average Bonchev–Trinajstić information content (AvgIpc) is 3.17. The smallest absolute Gasteiger partial charge is 0.475 e. The Labute approximate surface area is 167 Å². The van der Waals surface area contributed by atoms with Crippen LogP contribution in [0.15, 0.2) is 25.0 Å². The van der Waals surface area contributed by atoms with Crippen molar-refractivity contribution < 1.29 is 27.9 Å². The molecule has 0 unspecified atom stereocenters. The highest BCUT2D eigenvalue weighted by Gasteiger charge is 2.55. The Balaban J connectivity index is 0.000000370. The van der Waals surface area contributed by atoms with E-state index < -0.39 is 12.1 Å². The van der Waals surface area contributed by atoms with Crippen molar-refractivity contribution in [2.75, 3.05) is 31.1 Å². The molecule has 1 aromatic heterocycles. The summed E-state index contributed by atoms with van der Waals surface area (Å²) in [5, 5.41) is 7.12. The van der Waals surface area contributed by atoms with Gasteiger partial charge in [0.2, 0.25) is 11.9 Å². The summed E-state index contributed by atoms with van der Waals surface area (Å²) in [4.78, 5) is 34.8. The van der Waals surface area contributed by atoms with Crippen LogP contribution in [0.3, 0.4) is 0 Å². The van der Waals surface area contributed by atoms with Crippen molar-refractivity contribution >= 4 is 17.8 Å². The standard InChI is InChI=1S/C17H24N4O.C2HF3O2/c1-4-7-20-8-6-17(15(20)22)12-21(11-13(17)3)16-18-9-14(5-2)10-19-16;3-2(4,5)1(6)7/h4,9-10,13H,1,5-8,11-12H2,2-3H3;(H,6,7)/t13-,17-;/m1./s1. The normalized spacial score (nSPS) is 23.9. The number of hydrogen-bond donors (Lipinski definition) is 1. The van der Waals surface area contributed by atoms with Gasteiger partial charge in [-0.2, -0.15) is 13.2 Å². The topological polar surface area (TPSA) is 86.6 Å². The van der Waals surface area contributed by atoms with Crippen LogP contribution in [0.4, 0.5) is 19.1 Å². The molecule has 2 saturated heterocycles. The first-order chi connectivity index (χ1) is 13.5. The molecule has 3 heterocycles. The monoisotopic (exact) mass is 414 g/mol. The van der Waals surface area contributed by atoms with Gasteiger partial charge in [0.25, 0.3) is 0 Å². The summed E-state index contributed by atoms with van der Waals surface area (Å²) in [5.41, 5.74) is 0.871. The van der Waals surface area contributed by atoms with E-state index in [9.17, 15) is 18.0 Å². The number of anilines is 1. The minimum absolute atomic E-state index is 0.268. The van der Waals surface area contributed by atoms with E-state index in [1.165, 1.54) is 0 Å². The van der Waals surface area contributed by atoms with Crippen molar-refractivity contribution in [3.05, 3.63) is 30.6 Å². The van der Waals surface area contributed by atoms with Crippen LogP contribution < -0.4 is 4.90 Å². The van der Waals surface area contributed by atoms with Gasteiger partial charge in [-0.15, -0.1) is 6.58 Å². The Hall–Kier alpha value is -2.65. The highest BCUT2D eigenvalue weighted by molar-refractivity contribution is 5.86. The molecule has 1 spiro atoms. The fraction of sp³-hybridized carbons (Fsp3) is 0.579. The zero-order valence-electron chi connectivity index (χ0n) is 16.4. The van der Waals surface area contributed by atoms with Crippen LogP contribution in [0.5, 0.6) is 0 Å². The van der Waals surface area contributed by atoms with Gasteiger partial charge in [0.05, 0.1) is 5.41 Å². The van der Waals surface area contributed by atoms with E-state index in [0.29, 0.717) is 12.5 Å². The molecule has 1 N–H and O–H groups in total. The minimum atomic E-state index is -5.08. The van der Waals surface area contributed by atoms with E-state index in [4.69, 9.17) is 9.90 Å². The van der Waals surface area contributed by atoms with E-state index in [1.807, 2.05) is 17.3 Å². The summed E-state index contributed by atoms with van der Waals surface area (Å²) in [5.74, 6) is -1.42. The number of aryl methyl sites for hydroxylation is 1. The van der Waals surface area contributed by atoms with Crippen LogP contribution >= 0.6 is 0 Å². The molecular weight excluding hydrogens is 389 g/mol. The molecule has 2 aliphatic rings. The summed E-state index contributed by atoms with van der Waals surface area (Å²) in [6.45, 7) is 11.1. The van der Waals surface area contributed by atoms with Gasteiger partial charge >= 0.3 is 12.1 Å². The van der Waals surface area contributed by atoms with Crippen molar-refractivity contribution in [1.29, 1.82) is 0 Å². The number of carbonyl (C=O) groups excluding carboxylic acids is 1. The third kappa shape index (κ3) is 4.86. The van der Waals surface area contributed by atoms with Crippen LogP contribution in [0.25, 0.3) is 0 Å². The number of carboxylic acid groups (broad SMARTS) is 1. The quantitative estimate of drug-likeness (QED) is 0.762. The van der Waals surface area contributed by atoms with Gasteiger partial charge in [-0.05, 0) is 24.3 Å². The predicted molar refractivity (Wildman–Crippen MR) is 100 cm³/mol. The Morgan fingerprint density at radius 1 is 1.41 bits per heavy atom. The molecular formula is C19H25F3N4O3. The number of aromatic nitrogens is 2. The summed E-state index contributed by atoms with van der Waals surface area (Å²) in [7, 11) is 0. The third-order valence-corrected chi connectivity index (χ3v) is 5.43. The highest BCUT2D eigenvalue weighted by atomic mass is 19.4. The molecule has 0 saturated carbocycles. The molecule has 10 heteroatoms. The third-order valence-electron chi connectivity index (χ3n) is 5.43. The van der Waals surface area contributed by atoms with Gasteiger partial charge in [-0.25, -0.2) is 14.8 Å². The maximum absolute atomic E-state index is 12.8. The number of rotatable bonds is 4. The predicted octanol–water partition coefficient (Wildman–Crippen LogP) is 2.53. The molecule has 2 aliphatic heterocycles. The lowest BCUT2D eigenvalue weighted by molar-refractivity contribution is -0.192. The second kappa shape index (κ2) is 8.79. The molecule has 0 radical (unpaired) electrons. The second-order valence-electron chi connectivity index (χ2n) is 7.28. The van der Waals surface area contributed by atoms with E-state index in [-0.39, 0.29) is 11.3 Å². The number of aliphatic carboxylic acids is 1. The molecule has 1 amide bonds. The lowest BCUT2D eigenvalue weighted by Gasteiger charge is -2.26. The van der Waals surface area contributed by atoms with Crippen molar-refractivity contribution in [3.8, 4) is 0 Å². The van der Waals surface area contributed by atoms with E-state index in [2.05, 4.69) is 35.3 Å². The summed E-state index contributed by atoms with van der Waals surface area (Å²) in [6, 6.07) is 0. The highest BCUT2D eigenvalue weighted by Crippen LogP contribution is 2.45. The Bertz CT molecular complexity index is 754. The minimum Gasteiger partial charge on any atom is -0.475 e. The molecule has 0 aliphatic carbocycles. The zero-order valence-corrected chi connectivity index (χ0v) is 16.4. The zero-order chi connectivity index (χ0) is 21.8. The van der Waals surface area contributed by atoms with Crippen LogP contribution in [0.1, 0.15) is 25.8 Å². The van der Waals surface area contributed by atoms with Gasteiger partial charge in [0.1, 0.15) is 0 Å². The number of likely N-dealkylation sites (tertiary alicyclic amines) is 1. The first-order valence-electron chi connectivity index (χ1n) is 9.31. The first kappa shape index (κ1) is 22.6. The molecule has 29 heavy (non-hydrogen) atoms. The van der Waals surface area contributed by atoms with Gasteiger partial charge in [-0.1, -0.05) is 19.9 Å².